The summed E-state index contributed by atoms with van der Waals surface area (Å²) >= 11 is 0. The number of ether oxygens (including phenoxy) is 1. The molecular weight excluding hydrogens is 378 g/mol. The fourth-order valence-electron chi connectivity index (χ4n) is 5.09. The first-order valence-corrected chi connectivity index (χ1v) is 11.0. The molecule has 0 radical (unpaired) electrons. The van der Waals surface area contributed by atoms with Gasteiger partial charge in [-0.3, -0.25) is 9.69 Å². The van der Waals surface area contributed by atoms with E-state index in [1.165, 1.54) is 19.2 Å². The quantitative estimate of drug-likeness (QED) is 0.659. The summed E-state index contributed by atoms with van der Waals surface area (Å²) in [5.74, 6) is 2.39. The maximum absolute atomic E-state index is 13.6. The first kappa shape index (κ1) is 19.5. The summed E-state index contributed by atoms with van der Waals surface area (Å²) in [4.78, 5) is 22.3. The second-order valence-electron chi connectivity index (χ2n) is 8.64. The fraction of sp³-hybridized carbons (Fsp3) is 0.500. The molecule has 2 fully saturated rings. The highest BCUT2D eigenvalue weighted by Gasteiger charge is 2.38. The van der Waals surface area contributed by atoms with Gasteiger partial charge < -0.3 is 14.1 Å². The molecule has 158 valence electrons. The van der Waals surface area contributed by atoms with E-state index in [1.807, 2.05) is 35.2 Å². The van der Waals surface area contributed by atoms with E-state index in [9.17, 15) is 4.79 Å². The third-order valence-corrected chi connectivity index (χ3v) is 6.75. The van der Waals surface area contributed by atoms with Gasteiger partial charge in [-0.2, -0.15) is 0 Å². The van der Waals surface area contributed by atoms with Crippen LogP contribution in [-0.4, -0.2) is 66.6 Å². The van der Waals surface area contributed by atoms with E-state index < -0.39 is 0 Å². The van der Waals surface area contributed by atoms with Gasteiger partial charge in [-0.25, -0.2) is 4.98 Å². The highest BCUT2D eigenvalue weighted by Crippen LogP contribution is 2.43. The predicted molar refractivity (Wildman–Crippen MR) is 114 cm³/mol. The standard InChI is InChI=1S/C24H29N3O3/c28-24(22-23(30-17-25-22)19-4-2-1-3-5-19)27(9-8-26-10-12-29-13-11-26)16-21-15-18-6-7-20(21)14-18/h1-7,17-18,20-21H,8-16H2/t18-,20+,21+/m1/s1. The molecule has 1 saturated heterocycles. The minimum absolute atomic E-state index is 0.0254. The Bertz CT molecular complexity index is 888. The number of morpholine rings is 1. The van der Waals surface area contributed by atoms with Gasteiger partial charge >= 0.3 is 0 Å². The molecule has 1 aliphatic heterocycles. The summed E-state index contributed by atoms with van der Waals surface area (Å²) in [6, 6.07) is 9.76. The van der Waals surface area contributed by atoms with Crippen molar-refractivity contribution in [3.05, 3.63) is 54.6 Å². The van der Waals surface area contributed by atoms with E-state index >= 15 is 0 Å². The Balaban J connectivity index is 1.34. The summed E-state index contributed by atoms with van der Waals surface area (Å²) < 4.78 is 11.1. The van der Waals surface area contributed by atoms with Crippen LogP contribution in [0.25, 0.3) is 11.3 Å². The lowest BCUT2D eigenvalue weighted by Crippen LogP contribution is -2.45. The average Bonchev–Trinajstić information content (AvgIpc) is 3.54. The third-order valence-electron chi connectivity index (χ3n) is 6.75. The van der Waals surface area contributed by atoms with E-state index in [0.717, 1.165) is 45.0 Å². The molecule has 1 saturated carbocycles. The Morgan fingerprint density at radius 2 is 1.97 bits per heavy atom. The number of hydrogen-bond acceptors (Lipinski definition) is 5. The van der Waals surface area contributed by atoms with Gasteiger partial charge in [-0.05, 0) is 30.6 Å². The number of hydrogen-bond donors (Lipinski definition) is 0. The maximum Gasteiger partial charge on any atom is 0.276 e. The van der Waals surface area contributed by atoms with Gasteiger partial charge in [-0.1, -0.05) is 42.5 Å². The van der Waals surface area contributed by atoms with Gasteiger partial charge in [0.2, 0.25) is 0 Å². The van der Waals surface area contributed by atoms with Crippen LogP contribution < -0.4 is 0 Å². The van der Waals surface area contributed by atoms with Crippen LogP contribution in [0.5, 0.6) is 0 Å². The fourth-order valence-corrected chi connectivity index (χ4v) is 5.09. The summed E-state index contributed by atoms with van der Waals surface area (Å²) in [7, 11) is 0. The second kappa shape index (κ2) is 8.74. The Hall–Kier alpha value is -2.44. The topological polar surface area (TPSA) is 58.8 Å². The average molecular weight is 408 g/mol. The van der Waals surface area contributed by atoms with Gasteiger partial charge in [0.05, 0.1) is 13.2 Å². The highest BCUT2D eigenvalue weighted by molar-refractivity contribution is 5.97. The zero-order valence-corrected chi connectivity index (χ0v) is 17.3. The van der Waals surface area contributed by atoms with Crippen LogP contribution in [0.4, 0.5) is 0 Å². The molecule has 30 heavy (non-hydrogen) atoms. The molecule has 5 rings (SSSR count). The van der Waals surface area contributed by atoms with Crippen molar-refractivity contribution in [2.24, 2.45) is 17.8 Å². The van der Waals surface area contributed by atoms with Crippen molar-refractivity contribution < 1.29 is 13.9 Å². The molecule has 2 aliphatic carbocycles. The molecule has 0 unspecified atom stereocenters. The van der Waals surface area contributed by atoms with Crippen LogP contribution in [0.15, 0.2) is 53.3 Å². The minimum Gasteiger partial charge on any atom is -0.443 e. The first-order valence-electron chi connectivity index (χ1n) is 11.0. The lowest BCUT2D eigenvalue weighted by Gasteiger charge is -2.32. The highest BCUT2D eigenvalue weighted by atomic mass is 16.5. The number of allylic oxidation sites excluding steroid dienone is 2. The summed E-state index contributed by atoms with van der Waals surface area (Å²) in [5, 5.41) is 0. The van der Waals surface area contributed by atoms with E-state index in [4.69, 9.17) is 9.15 Å². The number of rotatable bonds is 7. The number of nitrogens with zero attached hydrogens (tertiary/aromatic N) is 3. The molecule has 1 amide bonds. The number of amides is 1. The van der Waals surface area contributed by atoms with Crippen molar-refractivity contribution in [2.75, 3.05) is 45.9 Å². The van der Waals surface area contributed by atoms with Crippen molar-refractivity contribution >= 4 is 5.91 Å². The van der Waals surface area contributed by atoms with Gasteiger partial charge in [0.25, 0.3) is 5.91 Å². The van der Waals surface area contributed by atoms with Crippen LogP contribution >= 0.6 is 0 Å². The lowest BCUT2D eigenvalue weighted by molar-refractivity contribution is 0.0312. The second-order valence-corrected chi connectivity index (χ2v) is 8.64. The summed E-state index contributed by atoms with van der Waals surface area (Å²) in [6.07, 6.45) is 8.53. The van der Waals surface area contributed by atoms with E-state index in [-0.39, 0.29) is 5.91 Å². The van der Waals surface area contributed by atoms with Crippen molar-refractivity contribution in [3.63, 3.8) is 0 Å². The number of aromatic nitrogens is 1. The Morgan fingerprint density at radius 1 is 1.13 bits per heavy atom. The van der Waals surface area contributed by atoms with Gasteiger partial charge in [0.15, 0.2) is 17.8 Å². The Morgan fingerprint density at radius 3 is 2.70 bits per heavy atom. The molecule has 1 aromatic heterocycles. The SMILES string of the molecule is O=C(c1ncoc1-c1ccccc1)N(CCN1CCOCC1)C[C@@H]1C[C@@H]2C=C[C@H]1C2. The molecule has 6 heteroatoms. The molecule has 0 N–H and O–H groups in total. The molecule has 3 atom stereocenters. The van der Waals surface area contributed by atoms with Gasteiger partial charge in [0.1, 0.15) is 0 Å². The van der Waals surface area contributed by atoms with E-state index in [1.54, 1.807) is 0 Å². The summed E-state index contributed by atoms with van der Waals surface area (Å²) in [5.41, 5.74) is 1.30. The van der Waals surface area contributed by atoms with Crippen molar-refractivity contribution in [1.29, 1.82) is 0 Å². The van der Waals surface area contributed by atoms with Crippen LogP contribution in [-0.2, 0) is 4.74 Å². The zero-order valence-electron chi connectivity index (χ0n) is 17.3. The van der Waals surface area contributed by atoms with Crippen molar-refractivity contribution in [2.45, 2.75) is 12.8 Å². The van der Waals surface area contributed by atoms with Crippen LogP contribution in [0.3, 0.4) is 0 Å². The maximum atomic E-state index is 13.6. The van der Waals surface area contributed by atoms with Crippen LogP contribution in [0, 0.1) is 17.8 Å². The molecule has 1 aromatic carbocycles. The molecule has 3 aliphatic rings. The Labute approximate surface area is 177 Å². The normalized spacial score (nSPS) is 25.7. The molecule has 2 aromatic rings. The largest absolute Gasteiger partial charge is 0.443 e. The van der Waals surface area contributed by atoms with Gasteiger partial charge in [-0.15, -0.1) is 0 Å². The molecule has 2 heterocycles. The van der Waals surface area contributed by atoms with Crippen LogP contribution in [0.1, 0.15) is 23.3 Å². The number of benzene rings is 1. The number of carbonyl (C=O) groups excluding carboxylic acids is 1. The minimum atomic E-state index is -0.0254. The number of carbonyl (C=O) groups is 1. The zero-order chi connectivity index (χ0) is 20.3. The predicted octanol–water partition coefficient (Wildman–Crippen LogP) is 3.33. The molecule has 6 nitrogen and oxygen atoms in total. The summed E-state index contributed by atoms with van der Waals surface area (Å²) in [6.45, 7) is 5.76. The molecule has 2 bridgehead atoms. The van der Waals surface area contributed by atoms with Crippen LogP contribution in [0.2, 0.25) is 0 Å². The number of oxazole rings is 1. The molecule has 0 spiro atoms. The third kappa shape index (κ3) is 4.07. The molecular formula is C24H29N3O3. The first-order chi connectivity index (χ1) is 14.8. The lowest BCUT2D eigenvalue weighted by atomic mass is 9.93. The monoisotopic (exact) mass is 407 g/mol. The van der Waals surface area contributed by atoms with Crippen molar-refractivity contribution in [3.8, 4) is 11.3 Å². The van der Waals surface area contributed by atoms with Crippen molar-refractivity contribution in [1.82, 2.24) is 14.8 Å². The smallest absolute Gasteiger partial charge is 0.276 e. The van der Waals surface area contributed by atoms with Gasteiger partial charge in [0, 0.05) is 38.3 Å². The van der Waals surface area contributed by atoms with E-state index in [2.05, 4.69) is 22.0 Å². The number of fused-ring (bicyclic) bond motifs is 2. The van der Waals surface area contributed by atoms with E-state index in [0.29, 0.717) is 35.8 Å². The Kier molecular flexibility index (Phi) is 5.69.